The second-order valence-electron chi connectivity index (χ2n) is 6.48. The number of rotatable bonds is 3. The first-order chi connectivity index (χ1) is 13.9. The van der Waals surface area contributed by atoms with Gasteiger partial charge in [0, 0.05) is 29.4 Å². The van der Waals surface area contributed by atoms with Crippen LogP contribution in [-0.2, 0) is 12.6 Å². The number of para-hydroxylation sites is 1. The molecule has 0 amide bonds. The Labute approximate surface area is 176 Å². The molecule has 1 aliphatic rings. The summed E-state index contributed by atoms with van der Waals surface area (Å²) in [6.45, 7) is 0. The molecule has 0 spiro atoms. The van der Waals surface area contributed by atoms with Gasteiger partial charge in [-0.1, -0.05) is 30.0 Å². The summed E-state index contributed by atoms with van der Waals surface area (Å²) in [4.78, 5) is 7.10. The number of hydrogen-bond acceptors (Lipinski definition) is 3. The van der Waals surface area contributed by atoms with E-state index >= 15 is 0 Å². The first-order valence-corrected chi connectivity index (χ1v) is 10.1. The minimum atomic E-state index is -4.40. The van der Waals surface area contributed by atoms with Crippen molar-refractivity contribution in [3.8, 4) is 0 Å². The summed E-state index contributed by atoms with van der Waals surface area (Å²) in [5.41, 5.74) is 1.65. The van der Waals surface area contributed by atoms with E-state index in [0.717, 1.165) is 28.3 Å². The molecule has 2 heterocycles. The Morgan fingerprint density at radius 3 is 2.59 bits per heavy atom. The van der Waals surface area contributed by atoms with Crippen LogP contribution in [0.4, 0.5) is 24.5 Å². The van der Waals surface area contributed by atoms with Crippen LogP contribution in [0.15, 0.2) is 78.0 Å². The summed E-state index contributed by atoms with van der Waals surface area (Å²) in [7, 11) is 0. The highest BCUT2D eigenvalue weighted by molar-refractivity contribution is 8.00. The molecule has 0 aliphatic carbocycles. The minimum Gasteiger partial charge on any atom is -0.332 e. The summed E-state index contributed by atoms with van der Waals surface area (Å²) in [6, 6.07) is 16.8. The largest absolute Gasteiger partial charge is 0.416 e. The van der Waals surface area contributed by atoms with Crippen LogP contribution in [0, 0.1) is 0 Å². The first kappa shape index (κ1) is 19.7. The van der Waals surface area contributed by atoms with Crippen molar-refractivity contribution in [2.24, 2.45) is 0 Å². The third-order valence-electron chi connectivity index (χ3n) is 4.50. The highest BCUT2D eigenvalue weighted by Crippen LogP contribution is 2.44. The average Bonchev–Trinajstić information content (AvgIpc) is 3.06. The van der Waals surface area contributed by atoms with Crippen molar-refractivity contribution in [2.45, 2.75) is 22.9 Å². The van der Waals surface area contributed by atoms with Crippen molar-refractivity contribution in [3.05, 3.63) is 84.2 Å². The number of anilines is 2. The Kier molecular flexibility index (Phi) is 5.47. The van der Waals surface area contributed by atoms with Gasteiger partial charge < -0.3 is 10.2 Å². The van der Waals surface area contributed by atoms with E-state index in [1.165, 1.54) is 6.07 Å². The molecular formula is C21H16F3N3S2. The van der Waals surface area contributed by atoms with Gasteiger partial charge in [-0.05, 0) is 60.2 Å². The lowest BCUT2D eigenvalue weighted by Crippen LogP contribution is -2.40. The van der Waals surface area contributed by atoms with Gasteiger partial charge in [0.05, 0.1) is 16.6 Å². The van der Waals surface area contributed by atoms with Crippen LogP contribution in [0.3, 0.4) is 0 Å². The van der Waals surface area contributed by atoms with Crippen LogP contribution >= 0.6 is 24.0 Å². The summed E-state index contributed by atoms with van der Waals surface area (Å²) in [6.07, 6.45) is -0.206. The number of thioether (sulfide) groups is 1. The summed E-state index contributed by atoms with van der Waals surface area (Å²) >= 11 is 7.29. The third-order valence-corrected chi connectivity index (χ3v) is 6.04. The molecule has 29 heavy (non-hydrogen) atoms. The lowest BCUT2D eigenvalue weighted by atomic mass is 10.2. The van der Waals surface area contributed by atoms with Crippen LogP contribution < -0.4 is 10.2 Å². The molecule has 0 radical (unpaired) electrons. The highest BCUT2D eigenvalue weighted by Gasteiger charge is 2.33. The average molecular weight is 432 g/mol. The fourth-order valence-corrected chi connectivity index (χ4v) is 4.91. The lowest BCUT2D eigenvalue weighted by molar-refractivity contribution is -0.137. The predicted molar refractivity (Wildman–Crippen MR) is 114 cm³/mol. The standard InChI is InChI=1S/C21H16F3N3S2/c22-21(23,24)15-4-3-5-16(13-15)26-20(28)27-17-6-1-2-7-18(17)29-19(27)12-14-8-10-25-11-9-14/h1-11,13,19H,12H2,(H,26,28). The number of benzene rings is 2. The second-order valence-corrected chi connectivity index (χ2v) is 8.08. The van der Waals surface area contributed by atoms with Crippen molar-refractivity contribution >= 4 is 40.5 Å². The number of halogens is 3. The number of fused-ring (bicyclic) bond motifs is 1. The molecule has 1 unspecified atom stereocenters. The molecule has 0 saturated carbocycles. The molecule has 0 saturated heterocycles. The third kappa shape index (κ3) is 4.38. The van der Waals surface area contributed by atoms with E-state index in [1.807, 2.05) is 41.3 Å². The van der Waals surface area contributed by atoms with Gasteiger partial charge in [-0.2, -0.15) is 13.2 Å². The number of aromatic nitrogens is 1. The maximum absolute atomic E-state index is 13.0. The van der Waals surface area contributed by atoms with Gasteiger partial charge in [-0.3, -0.25) is 4.98 Å². The Balaban J connectivity index is 1.60. The van der Waals surface area contributed by atoms with Crippen LogP contribution in [0.25, 0.3) is 0 Å². The smallest absolute Gasteiger partial charge is 0.332 e. The molecule has 3 nitrogen and oxygen atoms in total. The molecular weight excluding hydrogens is 415 g/mol. The van der Waals surface area contributed by atoms with Crippen LogP contribution in [0.1, 0.15) is 11.1 Å². The van der Waals surface area contributed by atoms with E-state index in [9.17, 15) is 13.2 Å². The maximum atomic E-state index is 13.0. The van der Waals surface area contributed by atoms with Crippen LogP contribution in [-0.4, -0.2) is 15.5 Å². The minimum absolute atomic E-state index is 0.0133. The van der Waals surface area contributed by atoms with E-state index in [-0.39, 0.29) is 5.37 Å². The van der Waals surface area contributed by atoms with Gasteiger partial charge in [-0.25, -0.2) is 0 Å². The SMILES string of the molecule is FC(F)(F)c1cccc(NC(=S)N2c3ccccc3SC2Cc2ccncc2)c1. The quantitative estimate of drug-likeness (QED) is 0.515. The fraction of sp³-hybridized carbons (Fsp3) is 0.143. The van der Waals surface area contributed by atoms with E-state index in [2.05, 4.69) is 10.3 Å². The van der Waals surface area contributed by atoms with Crippen LogP contribution in [0.5, 0.6) is 0 Å². The second kappa shape index (κ2) is 8.04. The molecule has 1 atom stereocenters. The topological polar surface area (TPSA) is 28.2 Å². The fourth-order valence-electron chi connectivity index (χ4n) is 3.16. The number of hydrogen-bond donors (Lipinski definition) is 1. The van der Waals surface area contributed by atoms with Crippen molar-refractivity contribution in [3.63, 3.8) is 0 Å². The Morgan fingerprint density at radius 1 is 1.07 bits per heavy atom. The molecule has 1 aliphatic heterocycles. The number of pyridine rings is 1. The van der Waals surface area contributed by atoms with Crippen molar-refractivity contribution in [2.75, 3.05) is 10.2 Å². The highest BCUT2D eigenvalue weighted by atomic mass is 32.2. The summed E-state index contributed by atoms with van der Waals surface area (Å²) < 4.78 is 39.1. The van der Waals surface area contributed by atoms with Crippen molar-refractivity contribution in [1.29, 1.82) is 0 Å². The molecule has 8 heteroatoms. The zero-order valence-electron chi connectivity index (χ0n) is 15.1. The van der Waals surface area contributed by atoms with E-state index < -0.39 is 11.7 Å². The van der Waals surface area contributed by atoms with E-state index in [0.29, 0.717) is 17.2 Å². The van der Waals surface area contributed by atoms with E-state index in [1.54, 1.807) is 30.2 Å². The number of nitrogens with one attached hydrogen (secondary N) is 1. The molecule has 4 rings (SSSR count). The number of thiocarbonyl (C=S) groups is 1. The molecule has 3 aromatic rings. The van der Waals surface area contributed by atoms with Gasteiger partial charge in [0.25, 0.3) is 0 Å². The molecule has 1 N–H and O–H groups in total. The van der Waals surface area contributed by atoms with Crippen LogP contribution in [0.2, 0.25) is 0 Å². The van der Waals surface area contributed by atoms with Crippen molar-refractivity contribution < 1.29 is 13.2 Å². The van der Waals surface area contributed by atoms with Gasteiger partial charge >= 0.3 is 6.18 Å². The zero-order chi connectivity index (χ0) is 20.4. The first-order valence-electron chi connectivity index (χ1n) is 8.84. The maximum Gasteiger partial charge on any atom is 0.416 e. The monoisotopic (exact) mass is 431 g/mol. The van der Waals surface area contributed by atoms with Gasteiger partial charge in [0.1, 0.15) is 0 Å². The molecule has 1 aromatic heterocycles. The van der Waals surface area contributed by atoms with Gasteiger partial charge in [-0.15, -0.1) is 0 Å². The van der Waals surface area contributed by atoms with Crippen molar-refractivity contribution in [1.82, 2.24) is 4.98 Å². The summed E-state index contributed by atoms with van der Waals surface area (Å²) in [5.74, 6) is 0. The number of alkyl halides is 3. The zero-order valence-corrected chi connectivity index (χ0v) is 16.7. The van der Waals surface area contributed by atoms with Gasteiger partial charge in [0.15, 0.2) is 5.11 Å². The molecule has 2 aromatic carbocycles. The van der Waals surface area contributed by atoms with E-state index in [4.69, 9.17) is 12.2 Å². The molecule has 0 fully saturated rings. The Bertz CT molecular complexity index is 1020. The Hall–Kier alpha value is -2.58. The number of nitrogens with zero attached hydrogens (tertiary/aromatic N) is 2. The molecule has 0 bridgehead atoms. The summed E-state index contributed by atoms with van der Waals surface area (Å²) in [5, 5.41) is 3.33. The van der Waals surface area contributed by atoms with Gasteiger partial charge in [0.2, 0.25) is 0 Å². The Morgan fingerprint density at radius 2 is 1.83 bits per heavy atom. The molecule has 148 valence electrons. The lowest BCUT2D eigenvalue weighted by Gasteiger charge is -2.28. The predicted octanol–water partition coefficient (Wildman–Crippen LogP) is 5.98. The normalized spacial score (nSPS) is 15.8.